The van der Waals surface area contributed by atoms with Gasteiger partial charge in [-0.05, 0) is 97.1 Å². The van der Waals surface area contributed by atoms with Crippen LogP contribution in [0.3, 0.4) is 0 Å². The molecule has 0 spiro atoms. The molecule has 0 saturated heterocycles. The summed E-state index contributed by atoms with van der Waals surface area (Å²) >= 11 is 0. The van der Waals surface area contributed by atoms with Crippen molar-refractivity contribution in [2.75, 3.05) is 0 Å². The van der Waals surface area contributed by atoms with E-state index in [1.54, 1.807) is 0 Å². The molecule has 0 bridgehead atoms. The van der Waals surface area contributed by atoms with E-state index < -0.39 is 0 Å². The molecule has 15 aromatic rings. The third-order valence-corrected chi connectivity index (χ3v) is 14.2. The summed E-state index contributed by atoms with van der Waals surface area (Å²) in [4.78, 5) is 16.4. The first kappa shape index (κ1) is 38.5. The summed E-state index contributed by atoms with van der Waals surface area (Å²) in [6.45, 7) is 0. The number of nitrogens with zero attached hydrogens (tertiary/aromatic N) is 7. The van der Waals surface area contributed by atoms with Gasteiger partial charge < -0.3 is 9.13 Å². The highest BCUT2D eigenvalue weighted by atomic mass is 15.1. The van der Waals surface area contributed by atoms with E-state index in [-0.39, 0.29) is 0 Å². The van der Waals surface area contributed by atoms with Crippen molar-refractivity contribution in [1.82, 2.24) is 33.2 Å². The van der Waals surface area contributed by atoms with E-state index >= 15 is 0 Å². The molecule has 7 heteroatoms. The van der Waals surface area contributed by atoms with Crippen LogP contribution in [-0.4, -0.2) is 33.2 Å². The van der Waals surface area contributed by atoms with Crippen LogP contribution < -0.4 is 0 Å². The third-order valence-electron chi connectivity index (χ3n) is 14.2. The minimum absolute atomic E-state index is 0.745. The maximum Gasteiger partial charge on any atom is 0.138 e. The van der Waals surface area contributed by atoms with E-state index in [0.717, 1.165) is 89.7 Å². The molecule has 0 unspecified atom stereocenters. The summed E-state index contributed by atoms with van der Waals surface area (Å²) in [5, 5.41) is 9.57. The van der Waals surface area contributed by atoms with Gasteiger partial charge in [-0.3, -0.25) is 9.13 Å². The molecule has 0 N–H and O–H groups in total. The summed E-state index contributed by atoms with van der Waals surface area (Å²) < 4.78 is 9.28. The monoisotopic (exact) mass is 893 g/mol. The van der Waals surface area contributed by atoms with Gasteiger partial charge in [0, 0.05) is 48.8 Å². The maximum atomic E-state index is 5.51. The van der Waals surface area contributed by atoms with Crippen molar-refractivity contribution < 1.29 is 0 Å². The molecule has 0 aliphatic heterocycles. The van der Waals surface area contributed by atoms with Crippen molar-refractivity contribution in [2.24, 2.45) is 0 Å². The van der Waals surface area contributed by atoms with Gasteiger partial charge >= 0.3 is 0 Å². The van der Waals surface area contributed by atoms with Crippen LogP contribution in [0.25, 0.3) is 133 Å². The second-order valence-electron chi connectivity index (χ2n) is 18.0. The highest BCUT2D eigenvalue weighted by Crippen LogP contribution is 2.39. The Morgan fingerprint density at radius 2 is 0.514 bits per heavy atom. The topological polar surface area (TPSA) is 58.4 Å². The standard InChI is InChI=1S/C63H39N7/c1-8-26-54-42(17-1)43-18-2-9-27-55(43)67(54)40-35-36-61-49(37-40)48-23-7-14-32-60(48)70(61)63-34-16-25-51(66-63)53-39-41(68-56-28-10-3-19-44(56)45-20-4-11-29-57(45)68)38-52(64-53)50-24-15-33-62(65-50)69-58-30-12-5-21-46(58)47-22-6-13-31-59(47)69/h1-39H. The fraction of sp³-hybridized carbons (Fsp3) is 0. The molecule has 0 amide bonds. The van der Waals surface area contributed by atoms with E-state index in [1.807, 2.05) is 0 Å². The van der Waals surface area contributed by atoms with E-state index in [2.05, 4.69) is 255 Å². The molecule has 7 nitrogen and oxygen atoms in total. The summed E-state index contributed by atoms with van der Waals surface area (Å²) in [5.41, 5.74) is 14.1. The second kappa shape index (κ2) is 15.0. The van der Waals surface area contributed by atoms with E-state index in [9.17, 15) is 0 Å². The van der Waals surface area contributed by atoms with Gasteiger partial charge in [0.25, 0.3) is 0 Å². The van der Waals surface area contributed by atoms with Crippen LogP contribution in [0.4, 0.5) is 0 Å². The average Bonchev–Trinajstić information content (AvgIpc) is 4.16. The first-order valence-corrected chi connectivity index (χ1v) is 23.7. The van der Waals surface area contributed by atoms with Gasteiger partial charge in [-0.1, -0.05) is 140 Å². The molecule has 0 saturated carbocycles. The number of pyridine rings is 3. The maximum absolute atomic E-state index is 5.51. The van der Waals surface area contributed by atoms with Gasteiger partial charge in [0.05, 0.1) is 72.6 Å². The Morgan fingerprint density at radius 3 is 0.900 bits per heavy atom. The van der Waals surface area contributed by atoms with Crippen LogP contribution in [0.1, 0.15) is 0 Å². The van der Waals surface area contributed by atoms with Crippen LogP contribution in [0.2, 0.25) is 0 Å². The molecule has 0 radical (unpaired) electrons. The molecule has 15 rings (SSSR count). The van der Waals surface area contributed by atoms with Crippen molar-refractivity contribution in [3.63, 3.8) is 0 Å². The lowest BCUT2D eigenvalue weighted by molar-refractivity contribution is 1.06. The molecule has 0 fully saturated rings. The zero-order chi connectivity index (χ0) is 45.9. The van der Waals surface area contributed by atoms with Gasteiger partial charge in [-0.15, -0.1) is 0 Å². The summed E-state index contributed by atoms with van der Waals surface area (Å²) in [5.74, 6) is 1.64. The first-order valence-electron chi connectivity index (χ1n) is 23.7. The van der Waals surface area contributed by atoms with Crippen molar-refractivity contribution >= 4 is 87.2 Å². The molecular formula is C63H39N7. The lowest BCUT2D eigenvalue weighted by Crippen LogP contribution is -2.03. The molecular weight excluding hydrogens is 855 g/mol. The highest BCUT2D eigenvalue weighted by Gasteiger charge is 2.21. The fourth-order valence-corrected chi connectivity index (χ4v) is 11.2. The Morgan fingerprint density at radius 1 is 0.200 bits per heavy atom. The Kier molecular flexibility index (Phi) is 8.23. The molecule has 70 heavy (non-hydrogen) atoms. The normalized spacial score (nSPS) is 12.0. The largest absolute Gasteiger partial charge is 0.309 e. The van der Waals surface area contributed by atoms with Crippen LogP contribution in [0.5, 0.6) is 0 Å². The quantitative estimate of drug-likeness (QED) is 0.167. The summed E-state index contributed by atoms with van der Waals surface area (Å²) in [6.07, 6.45) is 0. The minimum Gasteiger partial charge on any atom is -0.309 e. The summed E-state index contributed by atoms with van der Waals surface area (Å²) in [7, 11) is 0. The number of hydrogen-bond donors (Lipinski definition) is 0. The SMILES string of the molecule is c1cc(-c2cc(-n3c4ccccc4c4ccccc43)cc(-c3cccc(-n4c5ccccc5c5cc(-n6c7ccccc7c7ccccc76)ccc54)n3)n2)nc(-n2c3ccccc3c3ccccc32)c1. The van der Waals surface area contributed by atoms with Gasteiger partial charge in [0.1, 0.15) is 11.6 Å². The van der Waals surface area contributed by atoms with Crippen LogP contribution in [0, 0.1) is 0 Å². The number of rotatable bonds is 6. The zero-order valence-electron chi connectivity index (χ0n) is 37.6. The van der Waals surface area contributed by atoms with E-state index in [0.29, 0.717) is 0 Å². The molecule has 0 atom stereocenters. The number of benzene rings is 8. The van der Waals surface area contributed by atoms with Crippen LogP contribution in [0.15, 0.2) is 237 Å². The predicted octanol–water partition coefficient (Wildman–Crippen LogP) is 15.6. The number of para-hydroxylation sites is 7. The third kappa shape index (κ3) is 5.66. The number of hydrogen-bond acceptors (Lipinski definition) is 3. The number of fused-ring (bicyclic) bond motifs is 12. The molecule has 0 aliphatic carbocycles. The van der Waals surface area contributed by atoms with E-state index in [4.69, 9.17) is 15.0 Å². The van der Waals surface area contributed by atoms with Crippen molar-refractivity contribution in [1.29, 1.82) is 0 Å². The Labute approximate surface area is 401 Å². The van der Waals surface area contributed by atoms with Gasteiger partial charge in [0.2, 0.25) is 0 Å². The van der Waals surface area contributed by atoms with Crippen molar-refractivity contribution in [2.45, 2.75) is 0 Å². The molecule has 7 heterocycles. The number of aromatic nitrogens is 7. The Hall–Kier alpha value is -9.59. The minimum atomic E-state index is 0.745. The van der Waals surface area contributed by atoms with Crippen molar-refractivity contribution in [3.05, 3.63) is 237 Å². The molecule has 326 valence electrons. The lowest BCUT2D eigenvalue weighted by Gasteiger charge is -2.14. The van der Waals surface area contributed by atoms with E-state index in [1.165, 1.54) is 43.4 Å². The van der Waals surface area contributed by atoms with Gasteiger partial charge in [0.15, 0.2) is 0 Å². The molecule has 7 aromatic heterocycles. The Balaban J connectivity index is 0.929. The fourth-order valence-electron chi connectivity index (χ4n) is 11.2. The highest BCUT2D eigenvalue weighted by molar-refractivity contribution is 6.13. The average molecular weight is 894 g/mol. The Bertz CT molecular complexity index is 4460. The smallest absolute Gasteiger partial charge is 0.138 e. The molecule has 8 aromatic carbocycles. The lowest BCUT2D eigenvalue weighted by atomic mass is 10.1. The predicted molar refractivity (Wildman–Crippen MR) is 288 cm³/mol. The van der Waals surface area contributed by atoms with Crippen LogP contribution >= 0.6 is 0 Å². The van der Waals surface area contributed by atoms with Gasteiger partial charge in [-0.25, -0.2) is 15.0 Å². The van der Waals surface area contributed by atoms with Crippen molar-refractivity contribution in [3.8, 4) is 45.8 Å². The van der Waals surface area contributed by atoms with Gasteiger partial charge in [-0.2, -0.15) is 0 Å². The van der Waals surface area contributed by atoms with Crippen LogP contribution in [-0.2, 0) is 0 Å². The second-order valence-corrected chi connectivity index (χ2v) is 18.0. The zero-order valence-corrected chi connectivity index (χ0v) is 37.6. The molecule has 0 aliphatic rings. The summed E-state index contributed by atoms with van der Waals surface area (Å²) in [6, 6.07) is 84.0. The first-order chi connectivity index (χ1) is 34.7.